The molecule has 0 aliphatic carbocycles. The lowest BCUT2D eigenvalue weighted by Crippen LogP contribution is -2.61. The van der Waals surface area contributed by atoms with E-state index >= 15 is 0 Å². The van der Waals surface area contributed by atoms with Gasteiger partial charge in [-0.05, 0) is 47.9 Å². The standard InChI is InChI=1S/C28H22BNO6/c1-32-17-7-5-16(6-8-17)30-19-9-4-15(14-31)27-24(19)29-25-20(30)10-11-21(34-3)28(25)36-23-13-18(33-2)12-22(35-27)26(23)29/h4-13,31H,14H2,1-3H3. The number of methoxy groups -OCH3 is 3. The van der Waals surface area contributed by atoms with Crippen molar-refractivity contribution in [3.8, 4) is 40.2 Å². The molecular formula is C28H22BNO6. The Morgan fingerprint density at radius 1 is 0.722 bits per heavy atom. The van der Waals surface area contributed by atoms with Crippen LogP contribution in [0.4, 0.5) is 17.1 Å². The van der Waals surface area contributed by atoms with Crippen LogP contribution < -0.4 is 45.0 Å². The molecule has 8 heteroatoms. The van der Waals surface area contributed by atoms with Gasteiger partial charge in [0.25, 0.3) is 6.71 Å². The molecule has 4 aromatic carbocycles. The number of anilines is 3. The number of rotatable bonds is 5. The number of benzene rings is 4. The highest BCUT2D eigenvalue weighted by Crippen LogP contribution is 2.49. The van der Waals surface area contributed by atoms with Crippen LogP contribution in [0.3, 0.4) is 0 Å². The van der Waals surface area contributed by atoms with Crippen molar-refractivity contribution in [3.63, 3.8) is 0 Å². The Kier molecular flexibility index (Phi) is 4.44. The van der Waals surface area contributed by atoms with Gasteiger partial charge in [-0.15, -0.1) is 0 Å². The molecule has 178 valence electrons. The van der Waals surface area contributed by atoms with Crippen LogP contribution >= 0.6 is 0 Å². The van der Waals surface area contributed by atoms with Crippen molar-refractivity contribution in [3.05, 3.63) is 66.2 Å². The topological polar surface area (TPSA) is 69.6 Å². The maximum absolute atomic E-state index is 10.2. The van der Waals surface area contributed by atoms with Gasteiger partial charge in [-0.25, -0.2) is 0 Å². The van der Waals surface area contributed by atoms with E-state index < -0.39 is 0 Å². The molecule has 3 heterocycles. The minimum absolute atomic E-state index is 0.141. The molecule has 0 spiro atoms. The molecule has 7 rings (SSSR count). The van der Waals surface area contributed by atoms with Gasteiger partial charge in [0.2, 0.25) is 0 Å². The molecular weight excluding hydrogens is 457 g/mol. The third-order valence-electron chi connectivity index (χ3n) is 7.20. The van der Waals surface area contributed by atoms with Crippen LogP contribution in [-0.4, -0.2) is 33.1 Å². The van der Waals surface area contributed by atoms with Crippen LogP contribution in [0.15, 0.2) is 60.7 Å². The summed E-state index contributed by atoms with van der Waals surface area (Å²) in [5.41, 5.74) is 6.58. The predicted molar refractivity (Wildman–Crippen MR) is 138 cm³/mol. The van der Waals surface area contributed by atoms with Gasteiger partial charge in [0.05, 0.1) is 27.9 Å². The van der Waals surface area contributed by atoms with E-state index in [1.807, 2.05) is 48.5 Å². The fraction of sp³-hybridized carbons (Fsp3) is 0.143. The van der Waals surface area contributed by atoms with Crippen molar-refractivity contribution >= 4 is 40.2 Å². The number of nitrogens with zero attached hydrogens (tertiary/aromatic N) is 1. The van der Waals surface area contributed by atoms with Gasteiger partial charge in [-0.1, -0.05) is 6.07 Å². The lowest BCUT2D eigenvalue weighted by Gasteiger charge is -2.43. The van der Waals surface area contributed by atoms with Crippen molar-refractivity contribution in [2.45, 2.75) is 6.61 Å². The quantitative estimate of drug-likeness (QED) is 0.378. The number of hydrogen-bond donors (Lipinski definition) is 1. The molecule has 0 atom stereocenters. The first-order chi connectivity index (χ1) is 17.7. The summed E-state index contributed by atoms with van der Waals surface area (Å²) in [6, 6.07) is 19.7. The highest BCUT2D eigenvalue weighted by Gasteiger charge is 2.49. The van der Waals surface area contributed by atoms with Gasteiger partial charge in [0, 0.05) is 45.7 Å². The Hall–Kier alpha value is -4.30. The van der Waals surface area contributed by atoms with Crippen molar-refractivity contribution < 1.29 is 28.8 Å². The highest BCUT2D eigenvalue weighted by atomic mass is 16.5. The molecule has 0 unspecified atom stereocenters. The van der Waals surface area contributed by atoms with E-state index in [9.17, 15) is 5.11 Å². The monoisotopic (exact) mass is 479 g/mol. The Labute approximate surface area is 208 Å². The molecule has 0 amide bonds. The van der Waals surface area contributed by atoms with Gasteiger partial charge in [-0.3, -0.25) is 0 Å². The molecule has 1 N–H and O–H groups in total. The first-order valence-electron chi connectivity index (χ1n) is 11.7. The van der Waals surface area contributed by atoms with Crippen molar-refractivity contribution in [1.29, 1.82) is 0 Å². The molecule has 0 saturated carbocycles. The maximum atomic E-state index is 10.2. The second-order valence-electron chi connectivity index (χ2n) is 8.88. The Morgan fingerprint density at radius 3 is 2.00 bits per heavy atom. The second-order valence-corrected chi connectivity index (χ2v) is 8.88. The van der Waals surface area contributed by atoms with Gasteiger partial charge in [0.1, 0.15) is 28.7 Å². The lowest BCUT2D eigenvalue weighted by atomic mass is 9.33. The third-order valence-corrected chi connectivity index (χ3v) is 7.20. The molecule has 0 aromatic heterocycles. The van der Waals surface area contributed by atoms with Gasteiger partial charge in [0.15, 0.2) is 11.5 Å². The van der Waals surface area contributed by atoms with Crippen molar-refractivity contribution in [2.24, 2.45) is 0 Å². The zero-order valence-corrected chi connectivity index (χ0v) is 20.0. The van der Waals surface area contributed by atoms with Crippen LogP contribution in [0.25, 0.3) is 0 Å². The molecule has 0 fully saturated rings. The van der Waals surface area contributed by atoms with Gasteiger partial charge < -0.3 is 33.7 Å². The molecule has 0 radical (unpaired) electrons. The third kappa shape index (κ3) is 2.67. The zero-order valence-electron chi connectivity index (χ0n) is 20.0. The summed E-state index contributed by atoms with van der Waals surface area (Å²) >= 11 is 0. The number of ether oxygens (including phenoxy) is 5. The van der Waals surface area contributed by atoms with Crippen LogP contribution in [0.5, 0.6) is 40.2 Å². The van der Waals surface area contributed by atoms with Gasteiger partial charge in [-0.2, -0.15) is 0 Å². The summed E-state index contributed by atoms with van der Waals surface area (Å²) in [5, 5.41) is 10.2. The normalized spacial score (nSPS) is 13.4. The summed E-state index contributed by atoms with van der Waals surface area (Å²) in [5.74, 6) is 4.70. The number of aliphatic hydroxyl groups is 1. The number of hydrogen-bond acceptors (Lipinski definition) is 7. The smallest absolute Gasteiger partial charge is 0.266 e. The molecule has 36 heavy (non-hydrogen) atoms. The summed E-state index contributed by atoms with van der Waals surface area (Å²) in [4.78, 5) is 2.19. The second kappa shape index (κ2) is 7.60. The molecule has 7 nitrogen and oxygen atoms in total. The van der Waals surface area contributed by atoms with E-state index in [0.717, 1.165) is 44.8 Å². The molecule has 3 aliphatic rings. The van der Waals surface area contributed by atoms with Crippen molar-refractivity contribution in [1.82, 2.24) is 0 Å². The summed E-state index contributed by atoms with van der Waals surface area (Å²) in [7, 11) is 4.92. The maximum Gasteiger partial charge on any atom is 0.266 e. The Bertz CT molecular complexity index is 1460. The molecule has 4 aromatic rings. The zero-order chi connectivity index (χ0) is 24.6. The summed E-state index contributed by atoms with van der Waals surface area (Å²) < 4.78 is 29.7. The van der Waals surface area contributed by atoms with E-state index in [-0.39, 0.29) is 13.3 Å². The highest BCUT2D eigenvalue weighted by molar-refractivity contribution is 7.00. The van der Waals surface area contributed by atoms with Crippen LogP contribution in [0, 0.1) is 0 Å². The van der Waals surface area contributed by atoms with Crippen LogP contribution in [0.1, 0.15) is 5.56 Å². The van der Waals surface area contributed by atoms with E-state index in [2.05, 4.69) is 17.0 Å². The molecule has 0 saturated heterocycles. The first kappa shape index (κ1) is 21.0. The Morgan fingerprint density at radius 2 is 1.36 bits per heavy atom. The average molecular weight is 479 g/mol. The fourth-order valence-corrected chi connectivity index (χ4v) is 5.60. The molecule has 3 aliphatic heterocycles. The van der Waals surface area contributed by atoms with Crippen molar-refractivity contribution in [2.75, 3.05) is 26.2 Å². The van der Waals surface area contributed by atoms with E-state index in [1.165, 1.54) is 0 Å². The minimum atomic E-state index is -0.158. The van der Waals surface area contributed by atoms with Crippen LogP contribution in [-0.2, 0) is 6.61 Å². The SMILES string of the molecule is COc1ccc(N2c3ccc(CO)c4c3B3c5c(cc(OC)cc5Oc5c(OC)ccc2c53)O4)cc1. The predicted octanol–water partition coefficient (Wildman–Crippen LogP) is 3.72. The van der Waals surface area contributed by atoms with Gasteiger partial charge >= 0.3 is 0 Å². The largest absolute Gasteiger partial charge is 0.497 e. The average Bonchev–Trinajstić information content (AvgIpc) is 2.93. The van der Waals surface area contributed by atoms with E-state index in [0.29, 0.717) is 34.5 Å². The summed E-state index contributed by atoms with van der Waals surface area (Å²) in [6.07, 6.45) is 0. The summed E-state index contributed by atoms with van der Waals surface area (Å²) in [6.45, 7) is -0.298. The van der Waals surface area contributed by atoms with E-state index in [1.54, 1.807) is 21.3 Å². The van der Waals surface area contributed by atoms with Crippen LogP contribution in [0.2, 0.25) is 0 Å². The Balaban J connectivity index is 1.58. The number of aliphatic hydroxyl groups excluding tert-OH is 1. The minimum Gasteiger partial charge on any atom is -0.497 e. The first-order valence-corrected chi connectivity index (χ1v) is 11.7. The fourth-order valence-electron chi connectivity index (χ4n) is 5.60. The molecule has 0 bridgehead atoms. The lowest BCUT2D eigenvalue weighted by molar-refractivity contribution is 0.276. The van der Waals surface area contributed by atoms with E-state index in [4.69, 9.17) is 23.7 Å².